The zero-order valence-corrected chi connectivity index (χ0v) is 18.5. The first-order valence-electron chi connectivity index (χ1n) is 11.0. The zero-order valence-electron chi connectivity index (χ0n) is 18.5. The van der Waals surface area contributed by atoms with E-state index >= 15 is 0 Å². The van der Waals surface area contributed by atoms with E-state index in [-0.39, 0.29) is 24.0 Å². The van der Waals surface area contributed by atoms with Crippen molar-refractivity contribution in [3.63, 3.8) is 0 Å². The van der Waals surface area contributed by atoms with Gasteiger partial charge >= 0.3 is 0 Å². The number of hydrogen-bond donors (Lipinski definition) is 0. The molecule has 1 aliphatic rings. The Balaban J connectivity index is 1.70. The van der Waals surface area contributed by atoms with Crippen LogP contribution in [0.4, 0.5) is 4.39 Å². The van der Waals surface area contributed by atoms with Gasteiger partial charge in [0.15, 0.2) is 11.2 Å². The van der Waals surface area contributed by atoms with E-state index in [1.165, 1.54) is 18.6 Å². The molecular formula is C24H26FN5O2. The minimum absolute atomic E-state index is 0.144. The van der Waals surface area contributed by atoms with E-state index in [4.69, 9.17) is 4.74 Å². The summed E-state index contributed by atoms with van der Waals surface area (Å²) in [5, 5.41) is 13.4. The fourth-order valence-electron chi connectivity index (χ4n) is 4.96. The minimum Gasteiger partial charge on any atom is -0.378 e. The molecule has 1 saturated carbocycles. The van der Waals surface area contributed by atoms with Crippen molar-refractivity contribution in [2.24, 2.45) is 11.8 Å². The molecule has 32 heavy (non-hydrogen) atoms. The van der Waals surface area contributed by atoms with Crippen LogP contribution >= 0.6 is 0 Å². The summed E-state index contributed by atoms with van der Waals surface area (Å²) in [6.07, 6.45) is 5.16. The van der Waals surface area contributed by atoms with E-state index in [0.29, 0.717) is 34.2 Å². The Labute approximate surface area is 184 Å². The van der Waals surface area contributed by atoms with Gasteiger partial charge in [0, 0.05) is 19.3 Å². The molecule has 1 fully saturated rings. The third-order valence-corrected chi connectivity index (χ3v) is 6.91. The second-order valence-corrected chi connectivity index (χ2v) is 8.79. The maximum absolute atomic E-state index is 13.5. The molecule has 3 atom stereocenters. The number of ether oxygens (including phenoxy) is 1. The number of methoxy groups -OCH3 is 1. The predicted octanol–water partition coefficient (Wildman–Crippen LogP) is 4.39. The molecule has 7 nitrogen and oxygen atoms in total. The van der Waals surface area contributed by atoms with Crippen LogP contribution in [0.25, 0.3) is 27.8 Å². The van der Waals surface area contributed by atoms with Gasteiger partial charge in [-0.2, -0.15) is 5.10 Å². The van der Waals surface area contributed by atoms with Crippen molar-refractivity contribution in [1.82, 2.24) is 24.4 Å². The molecule has 4 aromatic rings. The lowest BCUT2D eigenvalue weighted by Crippen LogP contribution is -2.34. The number of pyridine rings is 1. The Morgan fingerprint density at radius 3 is 2.66 bits per heavy atom. The first-order chi connectivity index (χ1) is 15.5. The molecule has 0 unspecified atom stereocenters. The number of hydrogen-bond acceptors (Lipinski definition) is 5. The summed E-state index contributed by atoms with van der Waals surface area (Å²) in [4.78, 5) is 13.4. The molecule has 0 aliphatic heterocycles. The average molecular weight is 436 g/mol. The largest absolute Gasteiger partial charge is 0.378 e. The third kappa shape index (κ3) is 3.30. The molecule has 0 spiro atoms. The highest BCUT2D eigenvalue weighted by molar-refractivity contribution is 5.84. The molecule has 3 aromatic heterocycles. The SMILES string of the molecule is COCc1nn2c(nnc3c(=O)n([C@@H]4CCC[C@@H](C)[C@H]4C)ccc32)c1-c1ccc(F)cc1. The maximum Gasteiger partial charge on any atom is 0.280 e. The van der Waals surface area contributed by atoms with Crippen LogP contribution < -0.4 is 5.56 Å². The molecule has 8 heteroatoms. The third-order valence-electron chi connectivity index (χ3n) is 6.91. The summed E-state index contributed by atoms with van der Waals surface area (Å²) in [5.74, 6) is 0.673. The standard InChI is InChI=1S/C24H26FN5O2/c1-14-5-4-6-19(15(14)2)29-12-11-20-22(24(29)31)26-27-23-21(16-7-9-17(25)10-8-16)18(13-32-3)28-30(20)23/h7-12,14-15,19H,4-6,13H2,1-3H3/t14-,15-,19-/m1/s1. The van der Waals surface area contributed by atoms with Gasteiger partial charge in [-0.05, 0) is 42.0 Å². The quantitative estimate of drug-likeness (QED) is 0.475. The Kier molecular flexibility index (Phi) is 5.25. The number of nitrogens with zero attached hydrogens (tertiary/aromatic N) is 5. The van der Waals surface area contributed by atoms with E-state index in [0.717, 1.165) is 24.0 Å². The maximum atomic E-state index is 13.5. The van der Waals surface area contributed by atoms with Crippen molar-refractivity contribution in [1.29, 1.82) is 0 Å². The molecule has 166 valence electrons. The Morgan fingerprint density at radius 1 is 1.12 bits per heavy atom. The van der Waals surface area contributed by atoms with Gasteiger partial charge in [0.25, 0.3) is 5.56 Å². The van der Waals surface area contributed by atoms with Gasteiger partial charge in [-0.25, -0.2) is 8.91 Å². The summed E-state index contributed by atoms with van der Waals surface area (Å²) in [5.41, 5.74) is 3.39. The lowest BCUT2D eigenvalue weighted by Gasteiger charge is -2.35. The van der Waals surface area contributed by atoms with Gasteiger partial charge in [-0.3, -0.25) is 4.79 Å². The van der Waals surface area contributed by atoms with Gasteiger partial charge in [0.1, 0.15) is 11.3 Å². The molecule has 0 amide bonds. The van der Waals surface area contributed by atoms with Crippen LogP contribution in [0.5, 0.6) is 0 Å². The molecule has 0 saturated heterocycles. The first kappa shape index (κ1) is 20.8. The van der Waals surface area contributed by atoms with Crippen molar-refractivity contribution in [3.05, 3.63) is 58.4 Å². The van der Waals surface area contributed by atoms with Crippen molar-refractivity contribution >= 4 is 16.7 Å². The molecule has 3 heterocycles. The van der Waals surface area contributed by atoms with Crippen LogP contribution in [0.15, 0.2) is 41.3 Å². The van der Waals surface area contributed by atoms with Gasteiger partial charge in [0.2, 0.25) is 0 Å². The molecular weight excluding hydrogens is 409 g/mol. The Morgan fingerprint density at radius 2 is 1.91 bits per heavy atom. The molecule has 5 rings (SSSR count). The number of aromatic nitrogens is 5. The van der Waals surface area contributed by atoms with Gasteiger partial charge < -0.3 is 9.30 Å². The molecule has 1 aliphatic carbocycles. The number of benzene rings is 1. The van der Waals surface area contributed by atoms with E-state index < -0.39 is 0 Å². The molecule has 0 N–H and O–H groups in total. The summed E-state index contributed by atoms with van der Waals surface area (Å²) in [6, 6.07) is 8.21. The van der Waals surface area contributed by atoms with Crippen molar-refractivity contribution in [3.8, 4) is 11.1 Å². The van der Waals surface area contributed by atoms with Gasteiger partial charge in [-0.15, -0.1) is 10.2 Å². The minimum atomic E-state index is -0.318. The molecule has 0 radical (unpaired) electrons. The van der Waals surface area contributed by atoms with E-state index in [1.54, 1.807) is 23.8 Å². The molecule has 0 bridgehead atoms. The first-order valence-corrected chi connectivity index (χ1v) is 11.0. The highest BCUT2D eigenvalue weighted by Crippen LogP contribution is 2.37. The smallest absolute Gasteiger partial charge is 0.280 e. The zero-order chi connectivity index (χ0) is 22.4. The van der Waals surface area contributed by atoms with Crippen LogP contribution in [0.2, 0.25) is 0 Å². The Hall–Kier alpha value is -3.13. The lowest BCUT2D eigenvalue weighted by molar-refractivity contribution is 0.181. The monoisotopic (exact) mass is 435 g/mol. The van der Waals surface area contributed by atoms with Crippen molar-refractivity contribution in [2.45, 2.75) is 45.8 Å². The van der Waals surface area contributed by atoms with E-state index in [2.05, 4.69) is 29.1 Å². The normalized spacial score (nSPS) is 21.4. The highest BCUT2D eigenvalue weighted by Gasteiger charge is 2.29. The summed E-state index contributed by atoms with van der Waals surface area (Å²) in [6.45, 7) is 4.73. The second kappa shape index (κ2) is 8.09. The van der Waals surface area contributed by atoms with Crippen LogP contribution in [0.3, 0.4) is 0 Å². The summed E-state index contributed by atoms with van der Waals surface area (Å²) >= 11 is 0. The second-order valence-electron chi connectivity index (χ2n) is 8.79. The molecule has 1 aromatic carbocycles. The number of fused-ring (bicyclic) bond motifs is 3. The number of rotatable bonds is 4. The van der Waals surface area contributed by atoms with Gasteiger partial charge in [0.05, 0.1) is 17.9 Å². The Bertz CT molecular complexity index is 1340. The topological polar surface area (TPSA) is 74.3 Å². The van der Waals surface area contributed by atoms with Crippen molar-refractivity contribution in [2.75, 3.05) is 7.11 Å². The van der Waals surface area contributed by atoms with Crippen molar-refractivity contribution < 1.29 is 9.13 Å². The van der Waals surface area contributed by atoms with Gasteiger partial charge in [-0.1, -0.05) is 38.8 Å². The van der Waals surface area contributed by atoms with Crippen LogP contribution in [-0.4, -0.2) is 31.5 Å². The van der Waals surface area contributed by atoms with E-state index in [1.807, 2.05) is 16.8 Å². The number of halogens is 1. The lowest BCUT2D eigenvalue weighted by atomic mass is 9.78. The van der Waals surface area contributed by atoms with Crippen LogP contribution in [-0.2, 0) is 11.3 Å². The summed E-state index contributed by atoms with van der Waals surface area (Å²) in [7, 11) is 1.59. The average Bonchev–Trinajstić information content (AvgIpc) is 3.15. The fourth-order valence-corrected chi connectivity index (χ4v) is 4.96. The predicted molar refractivity (Wildman–Crippen MR) is 120 cm³/mol. The van der Waals surface area contributed by atoms with Crippen LogP contribution in [0.1, 0.15) is 44.8 Å². The summed E-state index contributed by atoms with van der Waals surface area (Å²) < 4.78 is 22.3. The van der Waals surface area contributed by atoms with Crippen LogP contribution in [0, 0.1) is 17.7 Å². The fraction of sp³-hybridized carbons (Fsp3) is 0.417. The van der Waals surface area contributed by atoms with E-state index in [9.17, 15) is 9.18 Å². The highest BCUT2D eigenvalue weighted by atomic mass is 19.1.